The number of anilines is 1. The quantitative estimate of drug-likeness (QED) is 0.768. The van der Waals surface area contributed by atoms with Crippen molar-refractivity contribution in [2.75, 3.05) is 18.0 Å². The average Bonchev–Trinajstić information content (AvgIpc) is 2.38. The van der Waals surface area contributed by atoms with E-state index in [2.05, 4.69) is 0 Å². The molecule has 1 unspecified atom stereocenters. The summed E-state index contributed by atoms with van der Waals surface area (Å²) >= 11 is 0. The van der Waals surface area contributed by atoms with Gasteiger partial charge in [-0.1, -0.05) is 6.07 Å². The number of alkyl halides is 3. The summed E-state index contributed by atoms with van der Waals surface area (Å²) in [5.41, 5.74) is 5.80. The summed E-state index contributed by atoms with van der Waals surface area (Å²) in [4.78, 5) is 1.87. The molecule has 2 N–H and O–H groups in total. The van der Waals surface area contributed by atoms with Gasteiger partial charge in [0.2, 0.25) is 0 Å². The van der Waals surface area contributed by atoms with E-state index in [4.69, 9.17) is 5.73 Å². The molecule has 0 amide bonds. The van der Waals surface area contributed by atoms with Gasteiger partial charge in [-0.15, -0.1) is 0 Å². The molecule has 0 saturated carbocycles. The normalized spacial score (nSPS) is 14.8. The molecule has 0 saturated heterocycles. The highest BCUT2D eigenvalue weighted by Gasteiger charge is 2.33. The van der Waals surface area contributed by atoms with Crippen LogP contribution in [0, 0.1) is 5.82 Å². The van der Waals surface area contributed by atoms with Crippen molar-refractivity contribution in [3.05, 3.63) is 30.1 Å². The van der Waals surface area contributed by atoms with Gasteiger partial charge >= 0.3 is 6.18 Å². The first kappa shape index (κ1) is 17.8. The number of hydrogen-bond donors (Lipinski definition) is 1. The van der Waals surface area contributed by atoms with E-state index in [1.807, 2.05) is 18.7 Å². The Morgan fingerprint density at radius 2 is 1.86 bits per heavy atom. The minimum Gasteiger partial charge on any atom is -0.365 e. The highest BCUT2D eigenvalue weighted by atomic mass is 19.4. The topological polar surface area (TPSA) is 29.3 Å². The monoisotopic (exact) mass is 306 g/mol. The fourth-order valence-corrected chi connectivity index (χ4v) is 2.54. The Labute approximate surface area is 122 Å². The van der Waals surface area contributed by atoms with Crippen molar-refractivity contribution in [3.63, 3.8) is 0 Å². The fraction of sp³-hybridized carbons (Fsp3) is 0.600. The number of nitrogens with zero attached hydrogens (tertiary/aromatic N) is 1. The molecule has 0 aromatic heterocycles. The van der Waals surface area contributed by atoms with Gasteiger partial charge in [0.1, 0.15) is 5.82 Å². The number of halogens is 4. The zero-order valence-corrected chi connectivity index (χ0v) is 12.4. The molecule has 0 radical (unpaired) electrons. The molecular weight excluding hydrogens is 284 g/mol. The second-order valence-electron chi connectivity index (χ2n) is 5.39. The molecule has 0 spiro atoms. The lowest BCUT2D eigenvalue weighted by Crippen LogP contribution is -2.52. The van der Waals surface area contributed by atoms with Crippen molar-refractivity contribution in [1.82, 2.24) is 0 Å². The van der Waals surface area contributed by atoms with Crippen molar-refractivity contribution in [2.24, 2.45) is 5.73 Å². The SMILES string of the molecule is CCN(c1cccc(F)c1)C(C)(CN)CCCC(F)(F)F. The number of nitrogens with two attached hydrogens (primary N) is 1. The van der Waals surface area contributed by atoms with Crippen LogP contribution in [0.5, 0.6) is 0 Å². The van der Waals surface area contributed by atoms with Gasteiger partial charge < -0.3 is 10.6 Å². The van der Waals surface area contributed by atoms with E-state index >= 15 is 0 Å². The molecule has 0 heterocycles. The van der Waals surface area contributed by atoms with Crippen molar-refractivity contribution < 1.29 is 17.6 Å². The Balaban J connectivity index is 2.87. The summed E-state index contributed by atoms with van der Waals surface area (Å²) in [7, 11) is 0. The van der Waals surface area contributed by atoms with Crippen LogP contribution in [0.15, 0.2) is 24.3 Å². The Morgan fingerprint density at radius 1 is 1.19 bits per heavy atom. The zero-order valence-electron chi connectivity index (χ0n) is 12.4. The Bertz CT molecular complexity index is 448. The number of benzene rings is 1. The molecule has 0 aliphatic heterocycles. The summed E-state index contributed by atoms with van der Waals surface area (Å²) in [6, 6.07) is 6.03. The third-order valence-electron chi connectivity index (χ3n) is 3.70. The van der Waals surface area contributed by atoms with E-state index in [1.165, 1.54) is 12.1 Å². The molecule has 0 bridgehead atoms. The highest BCUT2D eigenvalue weighted by molar-refractivity contribution is 5.49. The third-order valence-corrected chi connectivity index (χ3v) is 3.70. The predicted octanol–water partition coefficient (Wildman–Crippen LogP) is 4.10. The Morgan fingerprint density at radius 3 is 2.33 bits per heavy atom. The average molecular weight is 306 g/mol. The lowest BCUT2D eigenvalue weighted by Gasteiger charge is -2.42. The van der Waals surface area contributed by atoms with E-state index in [1.54, 1.807) is 12.1 Å². The van der Waals surface area contributed by atoms with Crippen LogP contribution in [0.25, 0.3) is 0 Å². The minimum absolute atomic E-state index is 0.00299. The molecule has 1 rings (SSSR count). The van der Waals surface area contributed by atoms with Gasteiger partial charge in [-0.25, -0.2) is 4.39 Å². The largest absolute Gasteiger partial charge is 0.389 e. The van der Waals surface area contributed by atoms with Crippen LogP contribution in [0.4, 0.5) is 23.2 Å². The molecule has 0 fully saturated rings. The van der Waals surface area contributed by atoms with Crippen LogP contribution in [0.2, 0.25) is 0 Å². The van der Waals surface area contributed by atoms with Crippen LogP contribution in [0.3, 0.4) is 0 Å². The molecular formula is C15H22F4N2. The van der Waals surface area contributed by atoms with Crippen molar-refractivity contribution in [2.45, 2.75) is 44.8 Å². The van der Waals surface area contributed by atoms with E-state index < -0.39 is 18.1 Å². The van der Waals surface area contributed by atoms with E-state index in [-0.39, 0.29) is 18.8 Å². The molecule has 0 aliphatic carbocycles. The zero-order chi connectivity index (χ0) is 16.1. The van der Waals surface area contributed by atoms with Crippen LogP contribution in [-0.2, 0) is 0 Å². The summed E-state index contributed by atoms with van der Waals surface area (Å²) in [5.74, 6) is -0.374. The van der Waals surface area contributed by atoms with Gasteiger partial charge in [0, 0.05) is 30.7 Å². The van der Waals surface area contributed by atoms with Gasteiger partial charge in [0.15, 0.2) is 0 Å². The summed E-state index contributed by atoms with van der Waals surface area (Å²) in [6.45, 7) is 4.44. The molecule has 2 nitrogen and oxygen atoms in total. The van der Waals surface area contributed by atoms with Crippen LogP contribution in [-0.4, -0.2) is 24.8 Å². The standard InChI is InChI=1S/C15H22F4N2/c1-3-21(13-7-4-6-12(16)10-13)14(2,11-20)8-5-9-15(17,18)19/h4,6-7,10H,3,5,8-9,11,20H2,1-2H3. The predicted molar refractivity (Wildman–Crippen MR) is 76.8 cm³/mol. The lowest BCUT2D eigenvalue weighted by atomic mass is 9.91. The minimum atomic E-state index is -4.16. The maximum Gasteiger partial charge on any atom is 0.389 e. The number of rotatable bonds is 7. The van der Waals surface area contributed by atoms with Crippen LogP contribution < -0.4 is 10.6 Å². The molecule has 0 aliphatic rings. The van der Waals surface area contributed by atoms with E-state index in [9.17, 15) is 17.6 Å². The molecule has 21 heavy (non-hydrogen) atoms. The summed E-state index contributed by atoms with van der Waals surface area (Å²) < 4.78 is 50.3. The molecule has 1 aromatic carbocycles. The maximum absolute atomic E-state index is 13.4. The van der Waals surface area contributed by atoms with Crippen molar-refractivity contribution >= 4 is 5.69 Å². The van der Waals surface area contributed by atoms with Crippen LogP contribution in [0.1, 0.15) is 33.1 Å². The van der Waals surface area contributed by atoms with Gasteiger partial charge in [0.25, 0.3) is 0 Å². The lowest BCUT2D eigenvalue weighted by molar-refractivity contribution is -0.136. The van der Waals surface area contributed by atoms with Crippen molar-refractivity contribution in [3.8, 4) is 0 Å². The van der Waals surface area contributed by atoms with Gasteiger partial charge in [0.05, 0.1) is 0 Å². The molecule has 6 heteroatoms. The summed E-state index contributed by atoms with van der Waals surface area (Å²) in [6.07, 6.45) is -4.69. The second-order valence-corrected chi connectivity index (χ2v) is 5.39. The van der Waals surface area contributed by atoms with Gasteiger partial charge in [-0.05, 0) is 44.9 Å². The smallest absolute Gasteiger partial charge is 0.365 e. The van der Waals surface area contributed by atoms with Gasteiger partial charge in [-0.2, -0.15) is 13.2 Å². The first-order valence-corrected chi connectivity index (χ1v) is 7.02. The van der Waals surface area contributed by atoms with E-state index in [0.717, 1.165) is 0 Å². The van der Waals surface area contributed by atoms with E-state index in [0.29, 0.717) is 18.7 Å². The molecule has 1 aromatic rings. The molecule has 1 atom stereocenters. The molecule has 120 valence electrons. The summed E-state index contributed by atoms with van der Waals surface area (Å²) in [5, 5.41) is 0. The third kappa shape index (κ3) is 5.19. The van der Waals surface area contributed by atoms with Crippen LogP contribution >= 0.6 is 0 Å². The number of hydrogen-bond acceptors (Lipinski definition) is 2. The van der Waals surface area contributed by atoms with Crippen molar-refractivity contribution in [1.29, 1.82) is 0 Å². The Kier molecular flexibility index (Phi) is 6.01. The van der Waals surface area contributed by atoms with Gasteiger partial charge in [-0.3, -0.25) is 0 Å². The fourth-order valence-electron chi connectivity index (χ4n) is 2.54. The Hall–Kier alpha value is -1.30. The first-order chi connectivity index (χ1) is 9.72. The first-order valence-electron chi connectivity index (χ1n) is 7.02. The maximum atomic E-state index is 13.4. The second kappa shape index (κ2) is 7.11. The highest BCUT2D eigenvalue weighted by Crippen LogP contribution is 2.30. The number of likely N-dealkylation sites (N-methyl/N-ethyl adjacent to an activating group) is 1.